The molecular formula is C26H27BrN2OS. The van der Waals surface area contributed by atoms with Crippen LogP contribution in [-0.2, 0) is 13.0 Å². The lowest BCUT2D eigenvalue weighted by atomic mass is 10.0. The van der Waals surface area contributed by atoms with Crippen LogP contribution in [-0.4, -0.2) is 11.7 Å². The second kappa shape index (κ2) is 10.6. The van der Waals surface area contributed by atoms with E-state index in [0.717, 1.165) is 29.2 Å². The van der Waals surface area contributed by atoms with Gasteiger partial charge in [0.05, 0.1) is 18.5 Å². The van der Waals surface area contributed by atoms with E-state index in [1.54, 1.807) is 18.4 Å². The predicted molar refractivity (Wildman–Crippen MR) is 136 cm³/mol. The van der Waals surface area contributed by atoms with E-state index >= 15 is 0 Å². The Morgan fingerprint density at radius 2 is 1.65 bits per heavy atom. The molecule has 0 bridgehead atoms. The Bertz CT molecular complexity index is 1190. The highest BCUT2D eigenvalue weighted by atomic mass is 79.9. The van der Waals surface area contributed by atoms with Gasteiger partial charge >= 0.3 is 0 Å². The van der Waals surface area contributed by atoms with Crippen LogP contribution in [0.1, 0.15) is 16.7 Å². The maximum absolute atomic E-state index is 5.28. The summed E-state index contributed by atoms with van der Waals surface area (Å²) in [6, 6.07) is 25.2. The lowest BCUT2D eigenvalue weighted by Crippen LogP contribution is -2.17. The molecule has 0 N–H and O–H groups in total. The average Bonchev–Trinajstić information content (AvgIpc) is 3.17. The average molecular weight is 495 g/mol. The van der Waals surface area contributed by atoms with Gasteiger partial charge in [-0.25, -0.2) is 4.99 Å². The zero-order chi connectivity index (χ0) is 20.9. The molecule has 0 radical (unpaired) electrons. The molecule has 1 aromatic heterocycles. The Kier molecular flexibility index (Phi) is 7.88. The van der Waals surface area contributed by atoms with Crippen molar-refractivity contribution in [3.63, 3.8) is 0 Å². The number of para-hydroxylation sites is 1. The largest absolute Gasteiger partial charge is 0.497 e. The van der Waals surface area contributed by atoms with Gasteiger partial charge in [0.2, 0.25) is 0 Å². The third-order valence-corrected chi connectivity index (χ3v) is 6.23. The molecule has 0 spiro atoms. The number of ether oxygens (including phenoxy) is 1. The van der Waals surface area contributed by atoms with Crippen molar-refractivity contribution in [2.75, 3.05) is 7.11 Å². The maximum Gasteiger partial charge on any atom is 0.190 e. The number of hydrogen-bond donors (Lipinski definition) is 0. The molecule has 0 amide bonds. The molecule has 160 valence electrons. The van der Waals surface area contributed by atoms with Crippen molar-refractivity contribution in [2.45, 2.75) is 26.8 Å². The summed E-state index contributed by atoms with van der Waals surface area (Å²) in [5, 5.41) is 2.22. The van der Waals surface area contributed by atoms with E-state index in [1.165, 1.54) is 27.9 Å². The van der Waals surface area contributed by atoms with Crippen molar-refractivity contribution >= 4 is 34.0 Å². The van der Waals surface area contributed by atoms with Gasteiger partial charge in [-0.05, 0) is 72.9 Å². The van der Waals surface area contributed by atoms with Crippen LogP contribution >= 0.6 is 28.3 Å². The fourth-order valence-corrected chi connectivity index (χ4v) is 4.37. The van der Waals surface area contributed by atoms with Gasteiger partial charge in [0.25, 0.3) is 0 Å². The van der Waals surface area contributed by atoms with Crippen LogP contribution in [0.15, 0.2) is 83.2 Å². The van der Waals surface area contributed by atoms with E-state index in [9.17, 15) is 0 Å². The van der Waals surface area contributed by atoms with Crippen LogP contribution in [0, 0.1) is 13.8 Å². The number of rotatable bonds is 6. The number of aromatic nitrogens is 1. The van der Waals surface area contributed by atoms with E-state index < -0.39 is 0 Å². The van der Waals surface area contributed by atoms with E-state index in [2.05, 4.69) is 54.1 Å². The summed E-state index contributed by atoms with van der Waals surface area (Å²) in [7, 11) is 1.70. The molecule has 4 aromatic rings. The molecule has 3 aromatic carbocycles. The lowest BCUT2D eigenvalue weighted by Gasteiger charge is -2.11. The molecule has 0 aliphatic carbocycles. The second-order valence-corrected chi connectivity index (χ2v) is 8.24. The molecule has 0 saturated carbocycles. The summed E-state index contributed by atoms with van der Waals surface area (Å²) in [6.07, 6.45) is 0.931. The summed E-state index contributed by atoms with van der Waals surface area (Å²) in [5.41, 5.74) is 7.33. The van der Waals surface area contributed by atoms with Crippen LogP contribution in [0.25, 0.3) is 11.3 Å². The minimum Gasteiger partial charge on any atom is -0.497 e. The molecule has 0 unspecified atom stereocenters. The molecule has 0 fully saturated rings. The van der Waals surface area contributed by atoms with Gasteiger partial charge in [-0.2, -0.15) is 0 Å². The van der Waals surface area contributed by atoms with Crippen molar-refractivity contribution in [3.8, 4) is 17.0 Å². The van der Waals surface area contributed by atoms with Crippen LogP contribution < -0.4 is 9.54 Å². The topological polar surface area (TPSA) is 26.5 Å². The van der Waals surface area contributed by atoms with Crippen LogP contribution in [0.3, 0.4) is 0 Å². The normalized spacial score (nSPS) is 11.3. The quantitative estimate of drug-likeness (QED) is 0.286. The number of hydrogen-bond acceptors (Lipinski definition) is 3. The zero-order valence-corrected chi connectivity index (χ0v) is 20.6. The Morgan fingerprint density at radius 1 is 0.903 bits per heavy atom. The second-order valence-electron chi connectivity index (χ2n) is 7.40. The lowest BCUT2D eigenvalue weighted by molar-refractivity contribution is 0.414. The highest BCUT2D eigenvalue weighted by Crippen LogP contribution is 2.24. The molecule has 0 saturated heterocycles. The Balaban J connectivity index is 0.00000272. The Morgan fingerprint density at radius 3 is 2.32 bits per heavy atom. The Labute approximate surface area is 198 Å². The number of nitrogens with zero attached hydrogens (tertiary/aromatic N) is 2. The molecule has 1 heterocycles. The third-order valence-electron chi connectivity index (χ3n) is 5.36. The SMILES string of the molecule is Br.COc1ccc(CCn2c(-c3ccc(C)c(C)c3)csc2=Nc2ccccc2)cc1. The highest BCUT2D eigenvalue weighted by Gasteiger charge is 2.10. The summed E-state index contributed by atoms with van der Waals surface area (Å²) in [6.45, 7) is 5.19. The first-order valence-electron chi connectivity index (χ1n) is 10.1. The first kappa shape index (κ1) is 23.0. The smallest absolute Gasteiger partial charge is 0.190 e. The van der Waals surface area contributed by atoms with E-state index in [4.69, 9.17) is 9.73 Å². The first-order valence-corrected chi connectivity index (χ1v) is 11.0. The number of aryl methyl sites for hydroxylation is 3. The summed E-state index contributed by atoms with van der Waals surface area (Å²) in [4.78, 5) is 5.94. The van der Waals surface area contributed by atoms with Gasteiger partial charge in [-0.15, -0.1) is 28.3 Å². The van der Waals surface area contributed by atoms with Gasteiger partial charge in [-0.1, -0.05) is 42.5 Å². The number of benzene rings is 3. The fraction of sp³-hybridized carbons (Fsp3) is 0.192. The van der Waals surface area contributed by atoms with Crippen molar-refractivity contribution in [2.24, 2.45) is 4.99 Å². The van der Waals surface area contributed by atoms with E-state index in [-0.39, 0.29) is 17.0 Å². The summed E-state index contributed by atoms with van der Waals surface area (Å²) in [5.74, 6) is 0.887. The van der Waals surface area contributed by atoms with Gasteiger partial charge in [0, 0.05) is 11.9 Å². The van der Waals surface area contributed by atoms with Crippen molar-refractivity contribution < 1.29 is 4.74 Å². The minimum absolute atomic E-state index is 0. The van der Waals surface area contributed by atoms with Gasteiger partial charge in [-0.3, -0.25) is 0 Å². The van der Waals surface area contributed by atoms with Gasteiger partial charge in [0.15, 0.2) is 4.80 Å². The zero-order valence-electron chi connectivity index (χ0n) is 18.0. The van der Waals surface area contributed by atoms with E-state index in [0.29, 0.717) is 0 Å². The van der Waals surface area contributed by atoms with Crippen molar-refractivity contribution in [1.82, 2.24) is 4.57 Å². The van der Waals surface area contributed by atoms with Gasteiger partial charge in [0.1, 0.15) is 5.75 Å². The molecule has 0 aliphatic rings. The minimum atomic E-state index is 0. The van der Waals surface area contributed by atoms with E-state index in [1.807, 2.05) is 42.5 Å². The molecule has 0 aliphatic heterocycles. The van der Waals surface area contributed by atoms with Crippen molar-refractivity contribution in [1.29, 1.82) is 0 Å². The maximum atomic E-state index is 5.28. The summed E-state index contributed by atoms with van der Waals surface area (Å²) < 4.78 is 7.62. The standard InChI is InChI=1S/C26H26N2OS.BrH/c1-19-9-12-22(17-20(19)2)25-18-30-26(27-23-7-5-4-6-8-23)28(25)16-15-21-10-13-24(29-3)14-11-21;/h4-14,17-18H,15-16H2,1-3H3;1H. The number of thiazole rings is 1. The van der Waals surface area contributed by atoms with Crippen LogP contribution in [0.4, 0.5) is 5.69 Å². The molecule has 0 atom stereocenters. The molecule has 4 rings (SSSR count). The molecule has 3 nitrogen and oxygen atoms in total. The molecular weight excluding hydrogens is 468 g/mol. The monoisotopic (exact) mass is 494 g/mol. The van der Waals surface area contributed by atoms with Crippen LogP contribution in [0.5, 0.6) is 5.75 Å². The number of methoxy groups -OCH3 is 1. The Hall–Kier alpha value is -2.63. The number of halogens is 1. The van der Waals surface area contributed by atoms with Gasteiger partial charge < -0.3 is 9.30 Å². The first-order chi connectivity index (χ1) is 14.6. The highest BCUT2D eigenvalue weighted by molar-refractivity contribution is 8.93. The van der Waals surface area contributed by atoms with Crippen molar-refractivity contribution in [3.05, 3.63) is 99.7 Å². The molecule has 5 heteroatoms. The van der Waals surface area contributed by atoms with Crippen LogP contribution in [0.2, 0.25) is 0 Å². The third kappa shape index (κ3) is 5.54. The fourth-order valence-electron chi connectivity index (χ4n) is 3.41. The summed E-state index contributed by atoms with van der Waals surface area (Å²) >= 11 is 1.69. The molecule has 31 heavy (non-hydrogen) atoms. The predicted octanol–water partition coefficient (Wildman–Crippen LogP) is 6.90.